The zero-order valence-corrected chi connectivity index (χ0v) is 18.1. The van der Waals surface area contributed by atoms with E-state index in [9.17, 15) is 13.2 Å². The molecule has 2 aliphatic heterocycles. The highest BCUT2D eigenvalue weighted by Gasteiger charge is 2.51. The number of fused-ring (bicyclic) bond motifs is 2. The predicted molar refractivity (Wildman–Crippen MR) is 110 cm³/mol. The van der Waals surface area contributed by atoms with Crippen molar-refractivity contribution in [2.45, 2.75) is 70.2 Å². The van der Waals surface area contributed by atoms with Gasteiger partial charge in [0.2, 0.25) is 10.0 Å². The first-order valence-corrected chi connectivity index (χ1v) is 12.0. The lowest BCUT2D eigenvalue weighted by molar-refractivity contribution is 0.0708. The minimum atomic E-state index is -3.45. The molecular formula is C22H32N2O3S. The summed E-state index contributed by atoms with van der Waals surface area (Å²) in [5, 5.41) is 0. The van der Waals surface area contributed by atoms with E-state index in [1.807, 2.05) is 4.90 Å². The van der Waals surface area contributed by atoms with Gasteiger partial charge in [-0.05, 0) is 67.2 Å². The molecule has 3 aliphatic rings. The van der Waals surface area contributed by atoms with Crippen molar-refractivity contribution < 1.29 is 13.2 Å². The van der Waals surface area contributed by atoms with Gasteiger partial charge in [0, 0.05) is 31.2 Å². The fourth-order valence-corrected chi connectivity index (χ4v) is 7.40. The molecule has 2 atom stereocenters. The maximum absolute atomic E-state index is 13.2. The number of hydrogen-bond acceptors (Lipinski definition) is 3. The van der Waals surface area contributed by atoms with E-state index in [-0.39, 0.29) is 22.8 Å². The maximum atomic E-state index is 13.2. The molecule has 1 amide bonds. The largest absolute Gasteiger partial charge is 0.335 e. The molecule has 2 saturated heterocycles. The Kier molecular flexibility index (Phi) is 4.86. The molecule has 1 aromatic rings. The summed E-state index contributed by atoms with van der Waals surface area (Å²) in [4.78, 5) is 15.5. The van der Waals surface area contributed by atoms with E-state index in [1.165, 1.54) is 0 Å². The zero-order valence-electron chi connectivity index (χ0n) is 17.3. The zero-order chi connectivity index (χ0) is 20.2. The molecule has 1 aliphatic carbocycles. The van der Waals surface area contributed by atoms with Crippen molar-refractivity contribution in [3.05, 3.63) is 29.8 Å². The SMILES string of the molecule is CC1(C)C[C@H]2C[C@@](C)(CN2C(=O)c2ccc(S(=O)(=O)N3CCCCC3)cc2)C1. The quantitative estimate of drug-likeness (QED) is 0.768. The Morgan fingerprint density at radius 1 is 1.00 bits per heavy atom. The number of piperidine rings is 1. The summed E-state index contributed by atoms with van der Waals surface area (Å²) >= 11 is 0. The minimum absolute atomic E-state index is 0.0355. The molecule has 4 rings (SSSR count). The van der Waals surface area contributed by atoms with E-state index in [2.05, 4.69) is 20.8 Å². The average molecular weight is 405 g/mol. The minimum Gasteiger partial charge on any atom is -0.335 e. The van der Waals surface area contributed by atoms with Gasteiger partial charge >= 0.3 is 0 Å². The Morgan fingerprint density at radius 2 is 1.64 bits per heavy atom. The molecule has 2 bridgehead atoms. The van der Waals surface area contributed by atoms with Gasteiger partial charge in [-0.15, -0.1) is 0 Å². The molecule has 28 heavy (non-hydrogen) atoms. The summed E-state index contributed by atoms with van der Waals surface area (Å²) in [6.45, 7) is 8.87. The number of carbonyl (C=O) groups is 1. The highest BCUT2D eigenvalue weighted by molar-refractivity contribution is 7.89. The van der Waals surface area contributed by atoms with E-state index < -0.39 is 10.0 Å². The number of carbonyl (C=O) groups excluding carboxylic acids is 1. The second-order valence-electron chi connectivity index (χ2n) is 10.1. The summed E-state index contributed by atoms with van der Waals surface area (Å²) in [6, 6.07) is 6.87. The third-order valence-electron chi connectivity index (χ3n) is 6.73. The normalized spacial score (nSPS) is 30.4. The molecule has 0 N–H and O–H groups in total. The van der Waals surface area contributed by atoms with E-state index >= 15 is 0 Å². The van der Waals surface area contributed by atoms with Crippen LogP contribution in [-0.2, 0) is 10.0 Å². The van der Waals surface area contributed by atoms with Gasteiger partial charge in [0.1, 0.15) is 0 Å². The average Bonchev–Trinajstić information content (AvgIpc) is 2.90. The number of likely N-dealkylation sites (tertiary alicyclic amines) is 1. The molecule has 0 unspecified atom stereocenters. The summed E-state index contributed by atoms with van der Waals surface area (Å²) < 4.78 is 27.2. The highest BCUT2D eigenvalue weighted by Crippen LogP contribution is 2.52. The number of sulfonamides is 1. The number of hydrogen-bond donors (Lipinski definition) is 0. The molecule has 3 fully saturated rings. The van der Waals surface area contributed by atoms with Gasteiger partial charge in [-0.1, -0.05) is 27.2 Å². The van der Waals surface area contributed by atoms with Gasteiger partial charge in [-0.3, -0.25) is 4.79 Å². The molecule has 0 spiro atoms. The van der Waals surface area contributed by atoms with Gasteiger partial charge in [0.25, 0.3) is 5.91 Å². The Labute approximate surface area is 169 Å². The third-order valence-corrected chi connectivity index (χ3v) is 8.64. The Hall–Kier alpha value is -1.40. The van der Waals surface area contributed by atoms with Crippen LogP contribution >= 0.6 is 0 Å². The Morgan fingerprint density at radius 3 is 2.29 bits per heavy atom. The molecule has 1 aromatic carbocycles. The first-order valence-electron chi connectivity index (χ1n) is 10.5. The van der Waals surface area contributed by atoms with Crippen molar-refractivity contribution in [3.8, 4) is 0 Å². The highest BCUT2D eigenvalue weighted by atomic mass is 32.2. The van der Waals surface area contributed by atoms with E-state index in [1.54, 1.807) is 28.6 Å². The van der Waals surface area contributed by atoms with Crippen LogP contribution < -0.4 is 0 Å². The molecule has 1 saturated carbocycles. The van der Waals surface area contributed by atoms with Gasteiger partial charge < -0.3 is 4.90 Å². The number of amides is 1. The maximum Gasteiger partial charge on any atom is 0.254 e. The fourth-order valence-electron chi connectivity index (χ4n) is 5.89. The lowest BCUT2D eigenvalue weighted by Crippen LogP contribution is -2.37. The summed E-state index contributed by atoms with van der Waals surface area (Å²) in [7, 11) is -3.45. The van der Waals surface area contributed by atoms with Crippen LogP contribution in [0.2, 0.25) is 0 Å². The second-order valence-corrected chi connectivity index (χ2v) is 12.1. The van der Waals surface area contributed by atoms with Gasteiger partial charge in [-0.2, -0.15) is 4.31 Å². The predicted octanol–water partition coefficient (Wildman–Crippen LogP) is 3.90. The van der Waals surface area contributed by atoms with Crippen molar-refractivity contribution in [1.29, 1.82) is 0 Å². The third kappa shape index (κ3) is 3.61. The van der Waals surface area contributed by atoms with Crippen LogP contribution in [0.15, 0.2) is 29.2 Å². The molecular weight excluding hydrogens is 372 g/mol. The fraction of sp³-hybridized carbons (Fsp3) is 0.682. The molecule has 0 aromatic heterocycles. The number of rotatable bonds is 3. The smallest absolute Gasteiger partial charge is 0.254 e. The van der Waals surface area contributed by atoms with Gasteiger partial charge in [0.15, 0.2) is 0 Å². The van der Waals surface area contributed by atoms with Crippen molar-refractivity contribution in [3.63, 3.8) is 0 Å². The standard InChI is InChI=1S/C22H32N2O3S/c1-21(2)13-18-14-22(3,15-21)16-24(18)20(25)17-7-9-19(10-8-17)28(26,27)23-11-5-4-6-12-23/h7-10,18H,4-6,11-16H2,1-3H3/t18-,22+/m0/s1. The lowest BCUT2D eigenvalue weighted by Gasteiger charge is -2.39. The van der Waals surface area contributed by atoms with Crippen LogP contribution in [0.3, 0.4) is 0 Å². The van der Waals surface area contributed by atoms with Crippen LogP contribution in [0.4, 0.5) is 0 Å². The van der Waals surface area contributed by atoms with Crippen LogP contribution in [0.25, 0.3) is 0 Å². The van der Waals surface area contributed by atoms with Crippen molar-refractivity contribution in [2.24, 2.45) is 10.8 Å². The first-order chi connectivity index (χ1) is 13.1. The van der Waals surface area contributed by atoms with E-state index in [0.717, 1.165) is 45.1 Å². The molecule has 2 heterocycles. The number of benzene rings is 1. The summed E-state index contributed by atoms with van der Waals surface area (Å²) in [5.41, 5.74) is 1.05. The molecule has 0 radical (unpaired) electrons. The van der Waals surface area contributed by atoms with Crippen molar-refractivity contribution in [2.75, 3.05) is 19.6 Å². The van der Waals surface area contributed by atoms with Gasteiger partial charge in [-0.25, -0.2) is 8.42 Å². The lowest BCUT2D eigenvalue weighted by atomic mass is 9.65. The van der Waals surface area contributed by atoms with E-state index in [4.69, 9.17) is 0 Å². The van der Waals surface area contributed by atoms with E-state index in [0.29, 0.717) is 23.5 Å². The monoisotopic (exact) mass is 404 g/mol. The Balaban J connectivity index is 1.52. The van der Waals surface area contributed by atoms with Crippen molar-refractivity contribution >= 4 is 15.9 Å². The first kappa shape index (κ1) is 19.9. The molecule has 6 heteroatoms. The number of nitrogens with zero attached hydrogens (tertiary/aromatic N) is 2. The van der Waals surface area contributed by atoms with Crippen LogP contribution in [0, 0.1) is 10.8 Å². The summed E-state index contributed by atoms with van der Waals surface area (Å²) in [5.74, 6) is 0.0355. The van der Waals surface area contributed by atoms with Crippen LogP contribution in [0.5, 0.6) is 0 Å². The molecule has 154 valence electrons. The van der Waals surface area contributed by atoms with Crippen LogP contribution in [0.1, 0.15) is 69.7 Å². The van der Waals surface area contributed by atoms with Crippen molar-refractivity contribution in [1.82, 2.24) is 9.21 Å². The van der Waals surface area contributed by atoms with Crippen LogP contribution in [-0.4, -0.2) is 49.2 Å². The topological polar surface area (TPSA) is 57.7 Å². The second kappa shape index (κ2) is 6.84. The van der Waals surface area contributed by atoms with Gasteiger partial charge in [0.05, 0.1) is 4.90 Å². The molecule has 5 nitrogen and oxygen atoms in total. The summed E-state index contributed by atoms with van der Waals surface area (Å²) in [6.07, 6.45) is 6.18. The Bertz CT molecular complexity index is 856.